The molecule has 0 fully saturated rings. The van der Waals surface area contributed by atoms with Crippen LogP contribution >= 0.6 is 0 Å². The summed E-state index contributed by atoms with van der Waals surface area (Å²) in [6.07, 6.45) is 1.78. The molecule has 1 heterocycles. The van der Waals surface area contributed by atoms with Crippen molar-refractivity contribution in [2.75, 3.05) is 6.61 Å². The highest BCUT2D eigenvalue weighted by molar-refractivity contribution is 5.84. The van der Waals surface area contributed by atoms with E-state index in [0.29, 0.717) is 12.5 Å². The number of hydrogen-bond donors (Lipinski definition) is 1. The molecule has 1 aliphatic heterocycles. The van der Waals surface area contributed by atoms with Crippen molar-refractivity contribution in [3.05, 3.63) is 65.7 Å². The number of carbonyl (C=O) groups excluding carboxylic acids is 1. The molecule has 3 atom stereocenters. The predicted molar refractivity (Wildman–Crippen MR) is 96.1 cm³/mol. The van der Waals surface area contributed by atoms with Crippen molar-refractivity contribution in [3.8, 4) is 5.75 Å². The first-order valence-electron chi connectivity index (χ1n) is 8.77. The zero-order chi connectivity index (χ0) is 16.9. The maximum atomic E-state index is 13.1. The Bertz CT molecular complexity index is 683. The van der Waals surface area contributed by atoms with Gasteiger partial charge in [-0.05, 0) is 17.5 Å². The van der Waals surface area contributed by atoms with E-state index < -0.39 is 0 Å². The molecular formula is C21H25NO2. The molecule has 0 aliphatic carbocycles. The van der Waals surface area contributed by atoms with E-state index >= 15 is 0 Å². The van der Waals surface area contributed by atoms with Gasteiger partial charge in [0.15, 0.2) is 0 Å². The summed E-state index contributed by atoms with van der Waals surface area (Å²) < 4.78 is 5.70. The first-order valence-corrected chi connectivity index (χ1v) is 8.77. The molecule has 3 heteroatoms. The van der Waals surface area contributed by atoms with Gasteiger partial charge in [-0.15, -0.1) is 0 Å². The molecule has 0 aromatic heterocycles. The molecule has 126 valence electrons. The molecule has 0 saturated carbocycles. The number of fused-ring (bicyclic) bond motifs is 1. The normalized spacial score (nSPS) is 18.8. The van der Waals surface area contributed by atoms with Gasteiger partial charge in [-0.1, -0.05) is 68.8 Å². The van der Waals surface area contributed by atoms with E-state index in [2.05, 4.69) is 19.2 Å². The lowest BCUT2D eigenvalue weighted by atomic mass is 9.84. The fraction of sp³-hybridized carbons (Fsp3) is 0.381. The van der Waals surface area contributed by atoms with Crippen molar-refractivity contribution < 1.29 is 9.53 Å². The Morgan fingerprint density at radius 1 is 1.17 bits per heavy atom. The van der Waals surface area contributed by atoms with E-state index in [1.165, 1.54) is 0 Å². The highest BCUT2D eigenvalue weighted by atomic mass is 16.5. The maximum absolute atomic E-state index is 13.1. The SMILES string of the molecule is CC[C@H](C)[C@H](C(=O)N[C@@H]1CCOc2ccccc21)c1ccccc1. The lowest BCUT2D eigenvalue weighted by molar-refractivity contribution is -0.124. The lowest BCUT2D eigenvalue weighted by Gasteiger charge is -2.30. The monoisotopic (exact) mass is 323 g/mol. The third kappa shape index (κ3) is 3.45. The molecule has 2 aromatic rings. The molecule has 3 rings (SSSR count). The summed E-state index contributed by atoms with van der Waals surface area (Å²) in [7, 11) is 0. The Labute approximate surface area is 144 Å². The topological polar surface area (TPSA) is 38.3 Å². The number of hydrogen-bond acceptors (Lipinski definition) is 2. The van der Waals surface area contributed by atoms with Crippen LogP contribution in [0.5, 0.6) is 5.75 Å². The third-order valence-electron chi connectivity index (χ3n) is 4.93. The van der Waals surface area contributed by atoms with Gasteiger partial charge < -0.3 is 10.1 Å². The van der Waals surface area contributed by atoms with Crippen LogP contribution in [0.1, 0.15) is 49.8 Å². The van der Waals surface area contributed by atoms with Crippen LogP contribution in [0, 0.1) is 5.92 Å². The van der Waals surface area contributed by atoms with Gasteiger partial charge in [0.25, 0.3) is 0 Å². The Balaban J connectivity index is 1.82. The van der Waals surface area contributed by atoms with Crippen LogP contribution in [0.25, 0.3) is 0 Å². The second-order valence-corrected chi connectivity index (χ2v) is 6.51. The number of para-hydroxylation sites is 1. The average Bonchev–Trinajstić information content (AvgIpc) is 2.63. The van der Waals surface area contributed by atoms with Crippen molar-refractivity contribution in [3.63, 3.8) is 0 Å². The summed E-state index contributed by atoms with van der Waals surface area (Å²) in [6, 6.07) is 18.1. The number of rotatable bonds is 5. The fourth-order valence-electron chi connectivity index (χ4n) is 3.39. The Morgan fingerprint density at radius 2 is 1.88 bits per heavy atom. The molecule has 24 heavy (non-hydrogen) atoms. The van der Waals surface area contributed by atoms with Crippen LogP contribution < -0.4 is 10.1 Å². The maximum Gasteiger partial charge on any atom is 0.228 e. The van der Waals surface area contributed by atoms with E-state index in [-0.39, 0.29) is 17.9 Å². The smallest absolute Gasteiger partial charge is 0.228 e. The summed E-state index contributed by atoms with van der Waals surface area (Å²) in [5.41, 5.74) is 2.16. The first kappa shape index (κ1) is 16.6. The minimum absolute atomic E-state index is 0.0257. The zero-order valence-electron chi connectivity index (χ0n) is 14.4. The fourth-order valence-corrected chi connectivity index (χ4v) is 3.39. The minimum Gasteiger partial charge on any atom is -0.493 e. The number of ether oxygens (including phenoxy) is 1. The Hall–Kier alpha value is -2.29. The van der Waals surface area contributed by atoms with Crippen LogP contribution in [-0.4, -0.2) is 12.5 Å². The molecule has 2 aromatic carbocycles. The molecule has 0 unspecified atom stereocenters. The summed E-state index contributed by atoms with van der Waals surface area (Å²) in [5, 5.41) is 3.27. The van der Waals surface area contributed by atoms with Crippen molar-refractivity contribution >= 4 is 5.91 Å². The van der Waals surface area contributed by atoms with Crippen LogP contribution in [0.4, 0.5) is 0 Å². The summed E-state index contributed by atoms with van der Waals surface area (Å²) in [5.74, 6) is 1.17. The number of carbonyl (C=O) groups is 1. The quantitative estimate of drug-likeness (QED) is 0.882. The largest absolute Gasteiger partial charge is 0.493 e. The van der Waals surface area contributed by atoms with Crippen LogP contribution in [-0.2, 0) is 4.79 Å². The van der Waals surface area contributed by atoms with Gasteiger partial charge in [0.2, 0.25) is 5.91 Å². The van der Waals surface area contributed by atoms with Gasteiger partial charge in [0, 0.05) is 12.0 Å². The number of nitrogens with one attached hydrogen (secondary N) is 1. The van der Waals surface area contributed by atoms with Gasteiger partial charge in [0.05, 0.1) is 18.6 Å². The third-order valence-corrected chi connectivity index (χ3v) is 4.93. The van der Waals surface area contributed by atoms with Crippen LogP contribution in [0.15, 0.2) is 54.6 Å². The van der Waals surface area contributed by atoms with E-state index in [0.717, 1.165) is 29.7 Å². The van der Waals surface area contributed by atoms with E-state index in [1.807, 2.05) is 54.6 Å². The number of amides is 1. The molecule has 0 spiro atoms. The van der Waals surface area contributed by atoms with Crippen LogP contribution in [0.3, 0.4) is 0 Å². The highest BCUT2D eigenvalue weighted by Gasteiger charge is 2.29. The molecule has 1 amide bonds. The van der Waals surface area contributed by atoms with Gasteiger partial charge in [-0.25, -0.2) is 0 Å². The molecule has 0 radical (unpaired) electrons. The van der Waals surface area contributed by atoms with E-state index in [4.69, 9.17) is 4.74 Å². The van der Waals surface area contributed by atoms with Gasteiger partial charge >= 0.3 is 0 Å². The molecule has 0 saturated heterocycles. The molecule has 3 nitrogen and oxygen atoms in total. The summed E-state index contributed by atoms with van der Waals surface area (Å²) in [4.78, 5) is 13.1. The van der Waals surface area contributed by atoms with Crippen molar-refractivity contribution in [2.24, 2.45) is 5.92 Å². The van der Waals surface area contributed by atoms with Crippen molar-refractivity contribution in [1.29, 1.82) is 0 Å². The van der Waals surface area contributed by atoms with E-state index in [9.17, 15) is 4.79 Å². The molecule has 0 bridgehead atoms. The summed E-state index contributed by atoms with van der Waals surface area (Å²) in [6.45, 7) is 4.92. The second kappa shape index (κ2) is 7.52. The second-order valence-electron chi connectivity index (χ2n) is 6.51. The molecule has 1 N–H and O–H groups in total. The van der Waals surface area contributed by atoms with Crippen molar-refractivity contribution in [2.45, 2.75) is 38.6 Å². The summed E-state index contributed by atoms with van der Waals surface area (Å²) >= 11 is 0. The Morgan fingerprint density at radius 3 is 2.62 bits per heavy atom. The average molecular weight is 323 g/mol. The standard InChI is InChI=1S/C21H25NO2/c1-3-15(2)20(16-9-5-4-6-10-16)21(23)22-18-13-14-24-19-12-8-7-11-17(18)19/h4-12,15,18,20H,3,13-14H2,1-2H3,(H,22,23)/t15-,18+,20-/m0/s1. The first-order chi connectivity index (χ1) is 11.7. The Kier molecular flexibility index (Phi) is 5.19. The van der Waals surface area contributed by atoms with Crippen molar-refractivity contribution in [1.82, 2.24) is 5.32 Å². The van der Waals surface area contributed by atoms with E-state index in [1.54, 1.807) is 0 Å². The molecule has 1 aliphatic rings. The lowest BCUT2D eigenvalue weighted by Crippen LogP contribution is -2.37. The minimum atomic E-state index is -0.119. The zero-order valence-corrected chi connectivity index (χ0v) is 14.4. The predicted octanol–water partition coefficient (Wildman–Crippen LogP) is 4.46. The number of benzene rings is 2. The van der Waals surface area contributed by atoms with Crippen LogP contribution in [0.2, 0.25) is 0 Å². The molecular weight excluding hydrogens is 298 g/mol. The van der Waals surface area contributed by atoms with Gasteiger partial charge in [0.1, 0.15) is 5.75 Å². The highest BCUT2D eigenvalue weighted by Crippen LogP contribution is 2.33. The van der Waals surface area contributed by atoms with Gasteiger partial charge in [-0.3, -0.25) is 4.79 Å². The van der Waals surface area contributed by atoms with Gasteiger partial charge in [-0.2, -0.15) is 0 Å².